The number of nitrogens with zero attached hydrogens (tertiary/aromatic N) is 2. The van der Waals surface area contributed by atoms with E-state index in [1.807, 2.05) is 0 Å². The average molecular weight is 233 g/mol. The molecule has 0 fully saturated rings. The summed E-state index contributed by atoms with van der Waals surface area (Å²) in [6, 6.07) is 3.73. The fraction of sp³-hybridized carbons (Fsp3) is 0.538. The molecule has 0 radical (unpaired) electrons. The highest BCUT2D eigenvalue weighted by molar-refractivity contribution is 5.55. The zero-order chi connectivity index (χ0) is 12.9. The van der Waals surface area contributed by atoms with Gasteiger partial charge in [-0.3, -0.25) is 4.98 Å². The number of hydrogen-bond acceptors (Lipinski definition) is 4. The topological polar surface area (TPSA) is 68.9 Å². The molecule has 0 saturated carbocycles. The molecule has 1 heterocycles. The highest BCUT2D eigenvalue weighted by Crippen LogP contribution is 2.21. The van der Waals surface area contributed by atoms with Gasteiger partial charge in [-0.2, -0.15) is 5.26 Å². The maximum absolute atomic E-state index is 9.84. The van der Waals surface area contributed by atoms with E-state index in [1.54, 1.807) is 18.5 Å². The first-order valence-electron chi connectivity index (χ1n) is 5.68. The van der Waals surface area contributed by atoms with E-state index in [0.29, 0.717) is 24.2 Å². The summed E-state index contributed by atoms with van der Waals surface area (Å²) in [6.07, 6.45) is 3.46. The predicted octanol–water partition coefficient (Wildman–Crippen LogP) is 2.16. The van der Waals surface area contributed by atoms with Crippen molar-refractivity contribution in [1.29, 1.82) is 5.26 Å². The lowest BCUT2D eigenvalue weighted by molar-refractivity contribution is 0.132. The summed E-state index contributed by atoms with van der Waals surface area (Å²) in [4.78, 5) is 3.95. The summed E-state index contributed by atoms with van der Waals surface area (Å²) in [5.74, 6) is 0. The molecular weight excluding hydrogens is 214 g/mol. The van der Waals surface area contributed by atoms with Crippen LogP contribution in [0.2, 0.25) is 0 Å². The molecule has 92 valence electrons. The van der Waals surface area contributed by atoms with E-state index in [-0.39, 0.29) is 5.41 Å². The summed E-state index contributed by atoms with van der Waals surface area (Å²) in [7, 11) is 0. The maximum atomic E-state index is 9.84. The second kappa shape index (κ2) is 5.65. The number of aliphatic hydroxyl groups excluding tert-OH is 1. The number of nitrogens with one attached hydrogen (secondary N) is 1. The van der Waals surface area contributed by atoms with Crippen molar-refractivity contribution in [1.82, 2.24) is 4.98 Å². The van der Waals surface area contributed by atoms with E-state index in [1.165, 1.54) is 0 Å². The van der Waals surface area contributed by atoms with Crippen LogP contribution in [0.3, 0.4) is 0 Å². The lowest BCUT2D eigenvalue weighted by atomic mass is 9.89. The molecule has 1 rings (SSSR count). The molecule has 0 spiro atoms. The van der Waals surface area contributed by atoms with Gasteiger partial charge in [0, 0.05) is 12.7 Å². The Morgan fingerprint density at radius 2 is 2.24 bits per heavy atom. The van der Waals surface area contributed by atoms with Gasteiger partial charge in [0.25, 0.3) is 0 Å². The number of aliphatic hydroxyl groups is 1. The molecule has 1 aromatic heterocycles. The molecule has 0 aliphatic heterocycles. The van der Waals surface area contributed by atoms with Crippen molar-refractivity contribution in [3.8, 4) is 6.07 Å². The lowest BCUT2D eigenvalue weighted by Crippen LogP contribution is -2.25. The van der Waals surface area contributed by atoms with E-state index < -0.39 is 6.10 Å². The summed E-state index contributed by atoms with van der Waals surface area (Å²) in [5, 5.41) is 21.8. The van der Waals surface area contributed by atoms with Crippen LogP contribution in [0.1, 0.15) is 32.8 Å². The van der Waals surface area contributed by atoms with Gasteiger partial charge < -0.3 is 10.4 Å². The first kappa shape index (κ1) is 13.5. The van der Waals surface area contributed by atoms with Crippen molar-refractivity contribution in [2.24, 2.45) is 5.41 Å². The minimum Gasteiger partial charge on any atom is -0.391 e. The third-order valence-electron chi connectivity index (χ3n) is 2.32. The number of hydrogen-bond donors (Lipinski definition) is 2. The number of pyridine rings is 1. The van der Waals surface area contributed by atoms with Crippen LogP contribution >= 0.6 is 0 Å². The molecule has 2 N–H and O–H groups in total. The van der Waals surface area contributed by atoms with Crippen LogP contribution in [-0.4, -0.2) is 22.7 Å². The monoisotopic (exact) mass is 233 g/mol. The Kier molecular flexibility index (Phi) is 4.47. The largest absolute Gasteiger partial charge is 0.391 e. The molecule has 0 amide bonds. The minimum absolute atomic E-state index is 0.0914. The van der Waals surface area contributed by atoms with E-state index in [4.69, 9.17) is 5.26 Å². The Balaban J connectivity index is 2.54. The first-order valence-corrected chi connectivity index (χ1v) is 5.68. The van der Waals surface area contributed by atoms with E-state index >= 15 is 0 Å². The molecule has 0 aliphatic rings. The Bertz CT molecular complexity index is 404. The number of nitriles is 1. The van der Waals surface area contributed by atoms with Gasteiger partial charge in [0.05, 0.1) is 23.6 Å². The standard InChI is InChI=1S/C13H19N3O/c1-13(2,3)6-11(17)8-16-12-9-15-5-4-10(12)7-14/h4-5,9,11,16-17H,6,8H2,1-3H3. The molecule has 17 heavy (non-hydrogen) atoms. The second-order valence-electron chi connectivity index (χ2n) is 5.33. The van der Waals surface area contributed by atoms with Crippen molar-refractivity contribution < 1.29 is 5.11 Å². The maximum Gasteiger partial charge on any atom is 0.101 e. The average Bonchev–Trinajstić information content (AvgIpc) is 2.24. The molecule has 0 aromatic carbocycles. The summed E-state index contributed by atoms with van der Waals surface area (Å²) in [6.45, 7) is 6.68. The van der Waals surface area contributed by atoms with Crippen molar-refractivity contribution in [2.45, 2.75) is 33.3 Å². The van der Waals surface area contributed by atoms with Gasteiger partial charge in [-0.1, -0.05) is 20.8 Å². The van der Waals surface area contributed by atoms with Gasteiger partial charge in [-0.15, -0.1) is 0 Å². The Labute approximate surface area is 102 Å². The van der Waals surface area contributed by atoms with E-state index in [9.17, 15) is 5.11 Å². The smallest absolute Gasteiger partial charge is 0.101 e. The fourth-order valence-electron chi connectivity index (χ4n) is 1.64. The zero-order valence-electron chi connectivity index (χ0n) is 10.6. The van der Waals surface area contributed by atoms with Gasteiger partial charge in [-0.25, -0.2) is 0 Å². The molecule has 1 atom stereocenters. The van der Waals surface area contributed by atoms with Crippen LogP contribution in [0.25, 0.3) is 0 Å². The predicted molar refractivity (Wildman–Crippen MR) is 67.5 cm³/mol. The van der Waals surface area contributed by atoms with Crippen LogP contribution in [-0.2, 0) is 0 Å². The van der Waals surface area contributed by atoms with Gasteiger partial charge in [-0.05, 0) is 17.9 Å². The Morgan fingerprint density at radius 1 is 1.53 bits per heavy atom. The molecule has 0 aliphatic carbocycles. The molecular formula is C13H19N3O. The highest BCUT2D eigenvalue weighted by atomic mass is 16.3. The third kappa shape index (κ3) is 4.83. The normalized spacial score (nSPS) is 12.9. The van der Waals surface area contributed by atoms with E-state index in [2.05, 4.69) is 37.1 Å². The Hall–Kier alpha value is -1.60. The van der Waals surface area contributed by atoms with E-state index in [0.717, 1.165) is 0 Å². The third-order valence-corrected chi connectivity index (χ3v) is 2.32. The molecule has 1 aromatic rings. The van der Waals surface area contributed by atoms with Crippen LogP contribution in [0.4, 0.5) is 5.69 Å². The van der Waals surface area contributed by atoms with Crippen LogP contribution < -0.4 is 5.32 Å². The quantitative estimate of drug-likeness (QED) is 0.836. The molecule has 1 unspecified atom stereocenters. The number of rotatable bonds is 4. The molecule has 0 bridgehead atoms. The van der Waals surface area contributed by atoms with Gasteiger partial charge in [0.2, 0.25) is 0 Å². The minimum atomic E-state index is -0.429. The van der Waals surface area contributed by atoms with Crippen LogP contribution in [0.5, 0.6) is 0 Å². The van der Waals surface area contributed by atoms with Crippen molar-refractivity contribution in [3.63, 3.8) is 0 Å². The Morgan fingerprint density at radius 3 is 2.82 bits per heavy atom. The fourth-order valence-corrected chi connectivity index (χ4v) is 1.64. The highest BCUT2D eigenvalue weighted by Gasteiger charge is 2.16. The SMILES string of the molecule is CC(C)(C)CC(O)CNc1cnccc1C#N. The van der Waals surface area contributed by atoms with Crippen LogP contribution in [0.15, 0.2) is 18.5 Å². The summed E-state index contributed by atoms with van der Waals surface area (Å²) in [5.41, 5.74) is 1.31. The van der Waals surface area contributed by atoms with Gasteiger partial charge >= 0.3 is 0 Å². The molecule has 4 heteroatoms. The molecule has 4 nitrogen and oxygen atoms in total. The molecule has 0 saturated heterocycles. The van der Waals surface area contributed by atoms with Crippen molar-refractivity contribution in [3.05, 3.63) is 24.0 Å². The number of anilines is 1. The summed E-state index contributed by atoms with van der Waals surface area (Å²) < 4.78 is 0. The van der Waals surface area contributed by atoms with Crippen molar-refractivity contribution >= 4 is 5.69 Å². The van der Waals surface area contributed by atoms with Crippen LogP contribution in [0, 0.1) is 16.7 Å². The zero-order valence-corrected chi connectivity index (χ0v) is 10.6. The first-order chi connectivity index (χ1) is 7.92. The second-order valence-corrected chi connectivity index (χ2v) is 5.33. The van der Waals surface area contributed by atoms with Gasteiger partial charge in [0.15, 0.2) is 0 Å². The lowest BCUT2D eigenvalue weighted by Gasteiger charge is -2.22. The number of aromatic nitrogens is 1. The van der Waals surface area contributed by atoms with Gasteiger partial charge in [0.1, 0.15) is 6.07 Å². The van der Waals surface area contributed by atoms with Crippen molar-refractivity contribution in [2.75, 3.05) is 11.9 Å². The summed E-state index contributed by atoms with van der Waals surface area (Å²) >= 11 is 0.